The van der Waals surface area contributed by atoms with Crippen molar-refractivity contribution in [3.63, 3.8) is 0 Å². The summed E-state index contributed by atoms with van der Waals surface area (Å²) in [6, 6.07) is 1.63. The Morgan fingerprint density at radius 3 is 3.15 bits per heavy atom. The number of carbonyl (C=O) groups excluding carboxylic acids is 1. The van der Waals surface area contributed by atoms with Crippen LogP contribution in [0.4, 0.5) is 0 Å². The largest absolute Gasteiger partial charge is 0.438 e. The van der Waals surface area contributed by atoms with Crippen LogP contribution >= 0.6 is 0 Å². The third-order valence-corrected chi connectivity index (χ3v) is 2.98. The molecule has 0 saturated heterocycles. The maximum Gasteiger partial charge on any atom is 0.289 e. The van der Waals surface area contributed by atoms with E-state index in [4.69, 9.17) is 4.42 Å². The van der Waals surface area contributed by atoms with E-state index in [2.05, 4.69) is 20.3 Å². The summed E-state index contributed by atoms with van der Waals surface area (Å²) in [6.07, 6.45) is 8.73. The molecule has 20 heavy (non-hydrogen) atoms. The lowest BCUT2D eigenvalue weighted by Gasteiger charge is -2.13. The summed E-state index contributed by atoms with van der Waals surface area (Å²) in [5.41, 5.74) is 0.763. The second-order valence-electron chi connectivity index (χ2n) is 4.29. The number of nitrogens with one attached hydrogen (secondary N) is 1. The summed E-state index contributed by atoms with van der Waals surface area (Å²) in [5.74, 6) is 0.486. The van der Waals surface area contributed by atoms with Gasteiger partial charge in [-0.1, -0.05) is 6.92 Å². The zero-order chi connectivity index (χ0) is 13.9. The molecule has 7 nitrogen and oxygen atoms in total. The maximum atomic E-state index is 12.0. The summed E-state index contributed by atoms with van der Waals surface area (Å²) >= 11 is 0. The Labute approximate surface area is 114 Å². The topological polar surface area (TPSA) is 85.3 Å². The first kappa shape index (κ1) is 12.3. The predicted molar refractivity (Wildman–Crippen MR) is 70.0 cm³/mol. The van der Waals surface area contributed by atoms with Crippen LogP contribution in [0.15, 0.2) is 41.7 Å². The number of amides is 1. The second kappa shape index (κ2) is 5.12. The fourth-order valence-electron chi connectivity index (χ4n) is 1.96. The van der Waals surface area contributed by atoms with E-state index in [1.54, 1.807) is 6.20 Å². The van der Waals surface area contributed by atoms with Crippen LogP contribution in [-0.2, 0) is 0 Å². The first-order valence-electron chi connectivity index (χ1n) is 6.27. The third kappa shape index (κ3) is 2.25. The highest BCUT2D eigenvalue weighted by atomic mass is 16.3. The monoisotopic (exact) mass is 271 g/mol. The van der Waals surface area contributed by atoms with Crippen LogP contribution in [0.5, 0.6) is 0 Å². The third-order valence-electron chi connectivity index (χ3n) is 2.98. The first-order valence-corrected chi connectivity index (χ1v) is 6.27. The van der Waals surface area contributed by atoms with Crippen molar-refractivity contribution in [3.8, 4) is 0 Å². The SMILES string of the molecule is CC[C@H](NC(=O)c1cnco1)c1cn2cccnc2n1. The molecule has 0 bridgehead atoms. The molecule has 0 saturated carbocycles. The van der Waals surface area contributed by atoms with Crippen molar-refractivity contribution >= 4 is 11.7 Å². The number of nitrogens with zero attached hydrogens (tertiary/aromatic N) is 4. The second-order valence-corrected chi connectivity index (χ2v) is 4.29. The smallest absolute Gasteiger partial charge is 0.289 e. The summed E-state index contributed by atoms with van der Waals surface area (Å²) in [4.78, 5) is 24.3. The van der Waals surface area contributed by atoms with Gasteiger partial charge in [-0.15, -0.1) is 0 Å². The Balaban J connectivity index is 1.84. The van der Waals surface area contributed by atoms with Gasteiger partial charge in [0.25, 0.3) is 5.91 Å². The van der Waals surface area contributed by atoms with Crippen molar-refractivity contribution in [1.29, 1.82) is 0 Å². The van der Waals surface area contributed by atoms with E-state index >= 15 is 0 Å². The summed E-state index contributed by atoms with van der Waals surface area (Å²) in [6.45, 7) is 1.97. The fraction of sp³-hybridized carbons (Fsp3) is 0.231. The molecule has 0 fully saturated rings. The highest BCUT2D eigenvalue weighted by Gasteiger charge is 2.18. The van der Waals surface area contributed by atoms with Crippen molar-refractivity contribution in [2.75, 3.05) is 0 Å². The highest BCUT2D eigenvalue weighted by molar-refractivity contribution is 5.91. The van der Waals surface area contributed by atoms with Crippen LogP contribution in [-0.4, -0.2) is 25.3 Å². The van der Waals surface area contributed by atoms with Crippen LogP contribution in [0, 0.1) is 0 Å². The van der Waals surface area contributed by atoms with Gasteiger partial charge in [-0.2, -0.15) is 0 Å². The van der Waals surface area contributed by atoms with Gasteiger partial charge in [-0.25, -0.2) is 15.0 Å². The first-order chi connectivity index (χ1) is 9.78. The maximum absolute atomic E-state index is 12.0. The van der Waals surface area contributed by atoms with E-state index in [9.17, 15) is 4.79 Å². The molecule has 102 valence electrons. The molecule has 0 unspecified atom stereocenters. The number of hydrogen-bond acceptors (Lipinski definition) is 5. The van der Waals surface area contributed by atoms with Crippen LogP contribution in [0.1, 0.15) is 35.6 Å². The molecule has 1 N–H and O–H groups in total. The van der Waals surface area contributed by atoms with E-state index in [-0.39, 0.29) is 17.7 Å². The van der Waals surface area contributed by atoms with Gasteiger partial charge >= 0.3 is 0 Å². The summed E-state index contributed by atoms with van der Waals surface area (Å²) in [7, 11) is 0. The number of oxazole rings is 1. The number of imidazole rings is 1. The van der Waals surface area contributed by atoms with Crippen LogP contribution in [0.25, 0.3) is 5.78 Å². The van der Waals surface area contributed by atoms with Gasteiger partial charge in [0.05, 0.1) is 17.9 Å². The van der Waals surface area contributed by atoms with Crippen molar-refractivity contribution in [2.45, 2.75) is 19.4 Å². The Hall–Kier alpha value is -2.70. The number of carbonyl (C=O) groups is 1. The minimum absolute atomic E-state index is 0.185. The Bertz CT molecular complexity index is 686. The molecule has 0 aromatic carbocycles. The lowest BCUT2D eigenvalue weighted by Crippen LogP contribution is -2.28. The summed E-state index contributed by atoms with van der Waals surface area (Å²) < 4.78 is 6.79. The molecule has 3 aromatic rings. The van der Waals surface area contributed by atoms with Gasteiger partial charge in [-0.3, -0.25) is 9.20 Å². The van der Waals surface area contributed by atoms with Gasteiger partial charge in [-0.05, 0) is 12.5 Å². The van der Waals surface area contributed by atoms with Gasteiger partial charge < -0.3 is 9.73 Å². The minimum Gasteiger partial charge on any atom is -0.438 e. The van der Waals surface area contributed by atoms with E-state index in [1.807, 2.05) is 29.8 Å². The minimum atomic E-state index is -0.306. The van der Waals surface area contributed by atoms with E-state index < -0.39 is 0 Å². The molecule has 7 heteroatoms. The van der Waals surface area contributed by atoms with Crippen molar-refractivity contribution in [1.82, 2.24) is 24.7 Å². The van der Waals surface area contributed by atoms with Crippen LogP contribution in [0.2, 0.25) is 0 Å². The van der Waals surface area contributed by atoms with Crippen molar-refractivity contribution in [2.24, 2.45) is 0 Å². The zero-order valence-corrected chi connectivity index (χ0v) is 10.9. The molecule has 3 heterocycles. The Kier molecular flexibility index (Phi) is 3.16. The number of rotatable bonds is 4. The Morgan fingerprint density at radius 2 is 2.45 bits per heavy atom. The molecular formula is C13H13N5O2. The molecule has 0 aliphatic carbocycles. The van der Waals surface area contributed by atoms with Gasteiger partial charge in [0, 0.05) is 18.6 Å². The van der Waals surface area contributed by atoms with Crippen molar-refractivity contribution in [3.05, 3.63) is 48.7 Å². The molecule has 0 radical (unpaired) electrons. The van der Waals surface area contributed by atoms with Crippen LogP contribution < -0.4 is 5.32 Å². The standard InChI is InChI=1S/C13H13N5O2/c1-2-9(16-12(19)11-6-14-8-20-11)10-7-18-5-3-4-15-13(18)17-10/h3-9H,2H2,1H3,(H,16,19)/t9-/m0/s1. The Morgan fingerprint density at radius 1 is 1.55 bits per heavy atom. The summed E-state index contributed by atoms with van der Waals surface area (Å²) in [5, 5.41) is 2.87. The van der Waals surface area contributed by atoms with E-state index in [0.717, 1.165) is 5.69 Å². The van der Waals surface area contributed by atoms with Crippen molar-refractivity contribution < 1.29 is 9.21 Å². The molecule has 0 aliphatic heterocycles. The normalized spacial score (nSPS) is 12.4. The molecule has 3 rings (SSSR count). The molecule has 1 amide bonds. The lowest BCUT2D eigenvalue weighted by atomic mass is 10.1. The predicted octanol–water partition coefficient (Wildman–Crippen LogP) is 1.60. The van der Waals surface area contributed by atoms with Crippen LogP contribution in [0.3, 0.4) is 0 Å². The molecular weight excluding hydrogens is 258 g/mol. The fourth-order valence-corrected chi connectivity index (χ4v) is 1.96. The van der Waals surface area contributed by atoms with E-state index in [0.29, 0.717) is 12.2 Å². The number of aromatic nitrogens is 4. The van der Waals surface area contributed by atoms with Gasteiger partial charge in [0.1, 0.15) is 0 Å². The molecule has 1 atom stereocenters. The van der Waals surface area contributed by atoms with Gasteiger partial charge in [0.2, 0.25) is 11.5 Å². The molecule has 3 aromatic heterocycles. The average Bonchev–Trinajstić information content (AvgIpc) is 3.12. The molecule has 0 aliphatic rings. The number of fused-ring (bicyclic) bond motifs is 1. The molecule has 0 spiro atoms. The zero-order valence-electron chi connectivity index (χ0n) is 10.9. The highest BCUT2D eigenvalue weighted by Crippen LogP contribution is 2.16. The lowest BCUT2D eigenvalue weighted by molar-refractivity contribution is 0.0906. The van der Waals surface area contributed by atoms with E-state index in [1.165, 1.54) is 12.6 Å². The number of hydrogen-bond donors (Lipinski definition) is 1. The van der Waals surface area contributed by atoms with Gasteiger partial charge in [0.15, 0.2) is 6.39 Å². The quantitative estimate of drug-likeness (QED) is 0.779. The average molecular weight is 271 g/mol.